The Labute approximate surface area is 67.1 Å². The molecule has 0 aromatic heterocycles. The zero-order chi connectivity index (χ0) is 8.57. The third kappa shape index (κ3) is 51.5. The first-order valence-electron chi connectivity index (χ1n) is 2.57. The molecule has 0 rings (SSSR count). The second kappa shape index (κ2) is 8.46. The molecule has 0 radical (unpaired) electrons. The summed E-state index contributed by atoms with van der Waals surface area (Å²) < 4.78 is 0. The van der Waals surface area contributed by atoms with Crippen LogP contribution < -0.4 is 0 Å². The SMILES string of the molecule is CCCC(=O)O.O=[C](O)[Cu]. The summed E-state index contributed by atoms with van der Waals surface area (Å²) in [6.45, 7) is 1.84. The van der Waals surface area contributed by atoms with Crippen molar-refractivity contribution in [3.63, 3.8) is 0 Å². The summed E-state index contributed by atoms with van der Waals surface area (Å²) in [4.78, 5) is 17.1. The average molecular weight is 197 g/mol. The topological polar surface area (TPSA) is 74.6 Å². The van der Waals surface area contributed by atoms with E-state index in [1.807, 2.05) is 6.92 Å². The normalized spacial score (nSPS) is 7.50. The van der Waals surface area contributed by atoms with Gasteiger partial charge in [-0.15, -0.1) is 0 Å². The van der Waals surface area contributed by atoms with E-state index in [1.54, 1.807) is 0 Å². The van der Waals surface area contributed by atoms with E-state index in [0.29, 0.717) is 6.42 Å². The van der Waals surface area contributed by atoms with Gasteiger partial charge in [0.1, 0.15) is 0 Å². The molecule has 0 bridgehead atoms. The quantitative estimate of drug-likeness (QED) is 0.649. The van der Waals surface area contributed by atoms with E-state index in [0.717, 1.165) is 6.42 Å². The molecular formula is C5H9CuO4. The molecular weight excluding hydrogens is 188 g/mol. The van der Waals surface area contributed by atoms with Gasteiger partial charge in [-0.3, -0.25) is 4.79 Å². The van der Waals surface area contributed by atoms with Crippen molar-refractivity contribution in [2.24, 2.45) is 0 Å². The summed E-state index contributed by atoms with van der Waals surface area (Å²) in [6.07, 6.45) is 1.02. The maximum absolute atomic E-state index is 9.60. The standard InChI is InChI=1S/C4H8O2.CHO2.Cu/c1-2-3-4(5)6;2-1-3;/h2-3H2,1H3,(H,5,6);(H,2,3);. The van der Waals surface area contributed by atoms with Crippen LogP contribution in [0.1, 0.15) is 19.8 Å². The number of carboxylic acids is 1. The first-order valence-corrected chi connectivity index (χ1v) is 3.04. The third-order valence-corrected chi connectivity index (χ3v) is 0.464. The number of hydrogen-bond donors (Lipinski definition) is 2. The maximum atomic E-state index is 9.60. The number of carboxylic acid groups (broad SMARTS) is 2. The van der Waals surface area contributed by atoms with E-state index < -0.39 is 10.8 Å². The molecule has 5 heteroatoms. The fourth-order valence-corrected chi connectivity index (χ4v) is 0.214. The molecule has 0 unspecified atom stereocenters. The van der Waals surface area contributed by atoms with Crippen molar-refractivity contribution >= 4 is 10.8 Å². The van der Waals surface area contributed by atoms with Crippen LogP contribution in [0.25, 0.3) is 0 Å². The van der Waals surface area contributed by atoms with Crippen LogP contribution in [-0.2, 0) is 20.8 Å². The molecule has 0 heterocycles. The summed E-state index contributed by atoms with van der Waals surface area (Å²) in [6, 6.07) is 0. The van der Waals surface area contributed by atoms with Crippen molar-refractivity contribution in [2.75, 3.05) is 0 Å². The predicted molar refractivity (Wildman–Crippen MR) is 30.6 cm³/mol. The van der Waals surface area contributed by atoms with Crippen molar-refractivity contribution in [1.29, 1.82) is 0 Å². The van der Waals surface area contributed by atoms with E-state index >= 15 is 0 Å². The fraction of sp³-hybridized carbons (Fsp3) is 0.600. The van der Waals surface area contributed by atoms with Crippen LogP contribution in [0.2, 0.25) is 0 Å². The van der Waals surface area contributed by atoms with Crippen LogP contribution in [0.4, 0.5) is 4.79 Å². The Morgan fingerprint density at radius 3 is 1.70 bits per heavy atom. The van der Waals surface area contributed by atoms with Crippen LogP contribution in [-0.4, -0.2) is 21.1 Å². The minimum atomic E-state index is -1.27. The Hall–Kier alpha value is -0.541. The molecule has 0 aliphatic heterocycles. The van der Waals surface area contributed by atoms with Crippen LogP contribution >= 0.6 is 0 Å². The Morgan fingerprint density at radius 1 is 1.40 bits per heavy atom. The summed E-state index contributed by atoms with van der Waals surface area (Å²) >= 11 is 3.66. The van der Waals surface area contributed by atoms with Gasteiger partial charge >= 0.3 is 36.8 Å². The molecule has 0 spiro atoms. The van der Waals surface area contributed by atoms with E-state index in [1.165, 1.54) is 0 Å². The van der Waals surface area contributed by atoms with Gasteiger partial charge in [0.2, 0.25) is 0 Å². The molecule has 4 nitrogen and oxygen atoms in total. The zero-order valence-corrected chi connectivity index (χ0v) is 6.37. The van der Waals surface area contributed by atoms with Gasteiger partial charge in [0.05, 0.1) is 0 Å². The molecule has 64 valence electrons. The molecule has 10 heavy (non-hydrogen) atoms. The summed E-state index contributed by atoms with van der Waals surface area (Å²) in [7, 11) is 0. The van der Waals surface area contributed by atoms with Crippen LogP contribution in [0.3, 0.4) is 0 Å². The Balaban J connectivity index is 0. The van der Waals surface area contributed by atoms with E-state index in [9.17, 15) is 4.79 Å². The van der Waals surface area contributed by atoms with Gasteiger partial charge in [-0.1, -0.05) is 6.92 Å². The van der Waals surface area contributed by atoms with Crippen molar-refractivity contribution in [3.8, 4) is 0 Å². The number of hydrogen-bond acceptors (Lipinski definition) is 2. The number of rotatable bonds is 2. The van der Waals surface area contributed by atoms with Gasteiger partial charge in [0.25, 0.3) is 0 Å². The monoisotopic (exact) mass is 196 g/mol. The molecule has 0 atom stereocenters. The van der Waals surface area contributed by atoms with Crippen molar-refractivity contribution in [1.82, 2.24) is 0 Å². The summed E-state index contributed by atoms with van der Waals surface area (Å²) in [5.74, 6) is -0.711. The Bertz CT molecular complexity index is 108. The second-order valence-electron chi connectivity index (χ2n) is 1.36. The molecule has 0 aliphatic carbocycles. The molecule has 2 N–H and O–H groups in total. The van der Waals surface area contributed by atoms with Gasteiger partial charge < -0.3 is 5.11 Å². The first-order chi connectivity index (χ1) is 4.50. The predicted octanol–water partition coefficient (Wildman–Crippen LogP) is 1.08. The van der Waals surface area contributed by atoms with Gasteiger partial charge in [-0.25, -0.2) is 0 Å². The van der Waals surface area contributed by atoms with E-state index in [4.69, 9.17) is 15.0 Å². The molecule has 0 aliphatic rings. The van der Waals surface area contributed by atoms with Crippen LogP contribution in [0.15, 0.2) is 0 Å². The first kappa shape index (κ1) is 12.2. The molecule has 0 amide bonds. The third-order valence-electron chi connectivity index (χ3n) is 0.464. The zero-order valence-electron chi connectivity index (χ0n) is 5.43. The van der Waals surface area contributed by atoms with Gasteiger partial charge in [-0.2, -0.15) is 0 Å². The molecule has 0 saturated carbocycles. The van der Waals surface area contributed by atoms with E-state index in [-0.39, 0.29) is 0 Å². The van der Waals surface area contributed by atoms with Gasteiger partial charge in [-0.05, 0) is 6.42 Å². The summed E-state index contributed by atoms with van der Waals surface area (Å²) in [5.41, 5.74) is 0. The molecule has 0 aromatic rings. The molecule has 0 aromatic carbocycles. The van der Waals surface area contributed by atoms with Crippen molar-refractivity contribution in [3.05, 3.63) is 0 Å². The van der Waals surface area contributed by atoms with Crippen LogP contribution in [0, 0.1) is 0 Å². The van der Waals surface area contributed by atoms with Gasteiger partial charge in [0, 0.05) is 6.42 Å². The Kier molecular flexibility index (Phi) is 10.3. The van der Waals surface area contributed by atoms with E-state index in [2.05, 4.69) is 16.0 Å². The number of carbonyl (C=O) groups is 2. The average Bonchev–Trinajstić information content (AvgIpc) is 1.62. The molecule has 0 fully saturated rings. The minimum absolute atomic E-state index is 0.292. The summed E-state index contributed by atoms with van der Waals surface area (Å²) in [5, 5.41) is 15.1. The molecule has 0 saturated heterocycles. The van der Waals surface area contributed by atoms with Crippen molar-refractivity contribution in [2.45, 2.75) is 19.8 Å². The number of aliphatic carboxylic acids is 1. The fourth-order valence-electron chi connectivity index (χ4n) is 0.214. The van der Waals surface area contributed by atoms with Gasteiger partial charge in [0.15, 0.2) is 0 Å². The Morgan fingerprint density at radius 2 is 1.70 bits per heavy atom. The van der Waals surface area contributed by atoms with Crippen LogP contribution in [0.5, 0.6) is 0 Å². The van der Waals surface area contributed by atoms with Crippen molar-refractivity contribution < 1.29 is 35.8 Å². The second-order valence-corrected chi connectivity index (χ2v) is 1.77.